The number of carbonyl (C=O) groups is 1. The zero-order valence-corrected chi connectivity index (χ0v) is 14.5. The lowest BCUT2D eigenvalue weighted by atomic mass is 10.2. The van der Waals surface area contributed by atoms with Gasteiger partial charge in [0, 0.05) is 6.04 Å². The SMILES string of the molecule is CC[C@H](C)n1c(O)c(C=NNC(=O)c2ccccc2O)c(=O)[nH]c1=S. The first-order valence-electron chi connectivity index (χ1n) is 7.56. The van der Waals surface area contributed by atoms with Crippen molar-refractivity contribution in [3.63, 3.8) is 0 Å². The van der Waals surface area contributed by atoms with Gasteiger partial charge in [0.2, 0.25) is 5.88 Å². The number of carbonyl (C=O) groups excluding carboxylic acids is 1. The van der Waals surface area contributed by atoms with Crippen LogP contribution in [0.3, 0.4) is 0 Å². The molecule has 2 aromatic rings. The van der Waals surface area contributed by atoms with Gasteiger partial charge in [0.15, 0.2) is 4.77 Å². The van der Waals surface area contributed by atoms with Crippen molar-refractivity contribution < 1.29 is 15.0 Å². The quantitative estimate of drug-likeness (QED) is 0.369. The van der Waals surface area contributed by atoms with Crippen LogP contribution in [-0.4, -0.2) is 31.9 Å². The minimum Gasteiger partial charge on any atom is -0.507 e. The normalized spacial score (nSPS) is 12.2. The second-order valence-corrected chi connectivity index (χ2v) is 5.73. The Morgan fingerprint density at radius 2 is 2.12 bits per heavy atom. The van der Waals surface area contributed by atoms with Crippen LogP contribution in [0.25, 0.3) is 0 Å². The molecule has 0 aliphatic heterocycles. The molecule has 0 unspecified atom stereocenters. The van der Waals surface area contributed by atoms with Crippen molar-refractivity contribution in [3.8, 4) is 11.6 Å². The summed E-state index contributed by atoms with van der Waals surface area (Å²) in [4.78, 5) is 26.4. The van der Waals surface area contributed by atoms with Crippen molar-refractivity contribution in [2.45, 2.75) is 26.3 Å². The average Bonchev–Trinajstić information content (AvgIpc) is 2.57. The van der Waals surface area contributed by atoms with Crippen LogP contribution in [0.2, 0.25) is 0 Å². The van der Waals surface area contributed by atoms with Crippen molar-refractivity contribution in [1.29, 1.82) is 0 Å². The molecule has 0 aliphatic carbocycles. The number of hydrazone groups is 1. The van der Waals surface area contributed by atoms with Gasteiger partial charge in [0.1, 0.15) is 11.3 Å². The number of phenols is 1. The van der Waals surface area contributed by atoms with E-state index in [1.807, 2.05) is 13.8 Å². The Morgan fingerprint density at radius 3 is 2.76 bits per heavy atom. The predicted molar refractivity (Wildman–Crippen MR) is 95.7 cm³/mol. The fourth-order valence-corrected chi connectivity index (χ4v) is 2.50. The highest BCUT2D eigenvalue weighted by Gasteiger charge is 2.15. The zero-order valence-electron chi connectivity index (χ0n) is 13.7. The van der Waals surface area contributed by atoms with E-state index in [9.17, 15) is 19.8 Å². The molecule has 4 N–H and O–H groups in total. The summed E-state index contributed by atoms with van der Waals surface area (Å²) >= 11 is 5.07. The molecule has 0 aliphatic rings. The number of benzene rings is 1. The third-order valence-corrected chi connectivity index (χ3v) is 3.99. The van der Waals surface area contributed by atoms with E-state index in [2.05, 4.69) is 15.5 Å². The van der Waals surface area contributed by atoms with Gasteiger partial charge in [-0.3, -0.25) is 19.1 Å². The van der Waals surface area contributed by atoms with Crippen LogP contribution >= 0.6 is 12.2 Å². The molecule has 0 spiro atoms. The Hall–Kier alpha value is -2.94. The van der Waals surface area contributed by atoms with Gasteiger partial charge in [0.25, 0.3) is 11.5 Å². The van der Waals surface area contributed by atoms with E-state index >= 15 is 0 Å². The first-order chi connectivity index (χ1) is 11.9. The molecular formula is C16H18N4O4S. The van der Waals surface area contributed by atoms with Gasteiger partial charge in [0.05, 0.1) is 11.8 Å². The van der Waals surface area contributed by atoms with E-state index in [0.717, 1.165) is 6.21 Å². The summed E-state index contributed by atoms with van der Waals surface area (Å²) in [5.74, 6) is -1.18. The first-order valence-corrected chi connectivity index (χ1v) is 7.96. The largest absolute Gasteiger partial charge is 0.507 e. The van der Waals surface area contributed by atoms with E-state index in [1.165, 1.54) is 16.7 Å². The zero-order chi connectivity index (χ0) is 18.6. The molecule has 0 radical (unpaired) electrons. The summed E-state index contributed by atoms with van der Waals surface area (Å²) in [5, 5.41) is 23.6. The number of rotatable bonds is 5. The van der Waals surface area contributed by atoms with Crippen LogP contribution in [0.4, 0.5) is 0 Å². The molecule has 132 valence electrons. The number of para-hydroxylation sites is 1. The lowest BCUT2D eigenvalue weighted by Crippen LogP contribution is -2.22. The maximum Gasteiger partial charge on any atom is 0.275 e. The molecule has 9 heteroatoms. The van der Waals surface area contributed by atoms with E-state index < -0.39 is 11.5 Å². The Bertz CT molecular complexity index is 932. The molecule has 0 fully saturated rings. The fraction of sp³-hybridized carbons (Fsp3) is 0.250. The number of nitrogens with zero attached hydrogens (tertiary/aromatic N) is 2. The van der Waals surface area contributed by atoms with Gasteiger partial charge >= 0.3 is 0 Å². The van der Waals surface area contributed by atoms with Crippen LogP contribution < -0.4 is 11.0 Å². The lowest BCUT2D eigenvalue weighted by Gasteiger charge is -2.16. The van der Waals surface area contributed by atoms with Crippen molar-refractivity contribution in [2.24, 2.45) is 5.10 Å². The minimum atomic E-state index is -0.653. The average molecular weight is 362 g/mol. The smallest absolute Gasteiger partial charge is 0.275 e. The summed E-state index contributed by atoms with van der Waals surface area (Å²) in [5.41, 5.74) is 1.47. The number of aromatic nitrogens is 2. The highest BCUT2D eigenvalue weighted by Crippen LogP contribution is 2.20. The summed E-state index contributed by atoms with van der Waals surface area (Å²) in [7, 11) is 0. The number of hydrogen-bond donors (Lipinski definition) is 4. The topological polar surface area (TPSA) is 120 Å². The molecule has 25 heavy (non-hydrogen) atoms. The summed E-state index contributed by atoms with van der Waals surface area (Å²) in [6.45, 7) is 3.76. The van der Waals surface area contributed by atoms with Gasteiger partial charge in [-0.2, -0.15) is 5.10 Å². The number of aromatic hydroxyl groups is 2. The molecule has 0 saturated heterocycles. The van der Waals surface area contributed by atoms with Crippen LogP contribution in [0, 0.1) is 4.77 Å². The predicted octanol–water partition coefficient (Wildman–Crippen LogP) is 2.05. The second-order valence-electron chi connectivity index (χ2n) is 5.34. The third-order valence-electron chi connectivity index (χ3n) is 3.69. The van der Waals surface area contributed by atoms with E-state index in [0.29, 0.717) is 6.42 Å². The summed E-state index contributed by atoms with van der Waals surface area (Å²) in [6, 6.07) is 5.83. The van der Waals surface area contributed by atoms with Gasteiger partial charge < -0.3 is 10.2 Å². The van der Waals surface area contributed by atoms with Gasteiger partial charge in [-0.25, -0.2) is 5.43 Å². The van der Waals surface area contributed by atoms with Gasteiger partial charge in [-0.15, -0.1) is 0 Å². The van der Waals surface area contributed by atoms with Crippen LogP contribution in [-0.2, 0) is 0 Å². The maximum atomic E-state index is 12.0. The minimum absolute atomic E-state index is 0.0355. The van der Waals surface area contributed by atoms with E-state index in [4.69, 9.17) is 12.2 Å². The van der Waals surface area contributed by atoms with E-state index in [1.54, 1.807) is 12.1 Å². The van der Waals surface area contributed by atoms with E-state index in [-0.39, 0.29) is 33.6 Å². The van der Waals surface area contributed by atoms with Crippen LogP contribution in [0.15, 0.2) is 34.2 Å². The first kappa shape index (κ1) is 18.4. The number of phenolic OH excluding ortho intramolecular Hbond substituents is 1. The number of aromatic amines is 1. The molecule has 1 amide bonds. The highest BCUT2D eigenvalue weighted by molar-refractivity contribution is 7.71. The monoisotopic (exact) mass is 362 g/mol. The second kappa shape index (κ2) is 7.75. The molecule has 8 nitrogen and oxygen atoms in total. The standard InChI is InChI=1S/C16H18N4O4S/c1-3-9(2)20-15(24)11(13(22)18-16(20)25)8-17-19-14(23)10-6-4-5-7-12(10)21/h4-9,21,24H,3H2,1-2H3,(H,19,23)(H,18,22,25)/t9-/m0/s1. The molecule has 2 rings (SSSR count). The number of hydrogen-bond acceptors (Lipinski definition) is 6. The Kier molecular flexibility index (Phi) is 5.71. The van der Waals surface area contributed by atoms with Gasteiger partial charge in [-0.1, -0.05) is 19.1 Å². The van der Waals surface area contributed by atoms with Gasteiger partial charge in [-0.05, 0) is 37.7 Å². The fourth-order valence-electron chi connectivity index (χ4n) is 2.14. The lowest BCUT2D eigenvalue weighted by molar-refractivity contribution is 0.0952. The Labute approximate surface area is 148 Å². The molecule has 1 aromatic carbocycles. The Morgan fingerprint density at radius 1 is 1.44 bits per heavy atom. The molecule has 0 bridgehead atoms. The third kappa shape index (κ3) is 3.94. The summed E-state index contributed by atoms with van der Waals surface area (Å²) < 4.78 is 1.51. The molecule has 1 aromatic heterocycles. The number of amides is 1. The van der Waals surface area contributed by atoms with Crippen molar-refractivity contribution in [2.75, 3.05) is 0 Å². The van der Waals surface area contributed by atoms with Crippen LogP contribution in [0.1, 0.15) is 42.2 Å². The number of H-pyrrole nitrogens is 1. The molecule has 1 atom stereocenters. The Balaban J connectivity index is 2.30. The molecular weight excluding hydrogens is 344 g/mol. The van der Waals surface area contributed by atoms with Crippen molar-refractivity contribution in [1.82, 2.24) is 15.0 Å². The maximum absolute atomic E-state index is 12.0. The molecule has 1 heterocycles. The summed E-state index contributed by atoms with van der Waals surface area (Å²) in [6.07, 6.45) is 1.72. The van der Waals surface area contributed by atoms with Crippen molar-refractivity contribution >= 4 is 24.3 Å². The number of nitrogens with one attached hydrogen (secondary N) is 2. The molecule has 0 saturated carbocycles. The van der Waals surface area contributed by atoms with Crippen molar-refractivity contribution in [3.05, 3.63) is 50.5 Å². The highest BCUT2D eigenvalue weighted by atomic mass is 32.1. The van der Waals surface area contributed by atoms with Crippen LogP contribution in [0.5, 0.6) is 11.6 Å².